The van der Waals surface area contributed by atoms with Crippen LogP contribution in [0.3, 0.4) is 0 Å². The molecule has 1 aliphatic heterocycles. The molecule has 4 heterocycles. The second-order valence-electron chi connectivity index (χ2n) is 9.27. The summed E-state index contributed by atoms with van der Waals surface area (Å²) < 4.78 is 21.1. The van der Waals surface area contributed by atoms with E-state index in [9.17, 15) is 14.0 Å². The van der Waals surface area contributed by atoms with Gasteiger partial charge in [0.25, 0.3) is 0 Å². The average Bonchev–Trinajstić information content (AvgIpc) is 3.39. The number of aromatic nitrogens is 4. The first kappa shape index (κ1) is 25.3. The number of nitrogens with one attached hydrogen (secondary N) is 1. The number of ether oxygens (including phenoxy) is 1. The van der Waals surface area contributed by atoms with Gasteiger partial charge in [0, 0.05) is 19.3 Å². The van der Waals surface area contributed by atoms with Gasteiger partial charge in [-0.05, 0) is 43.4 Å². The summed E-state index contributed by atoms with van der Waals surface area (Å²) in [5.74, 6) is -1.85. The molecule has 2 amide bonds. The van der Waals surface area contributed by atoms with Crippen LogP contribution in [0.2, 0.25) is 0 Å². The molecule has 1 aromatic carbocycles. The van der Waals surface area contributed by atoms with Gasteiger partial charge < -0.3 is 20.7 Å². The highest BCUT2D eigenvalue weighted by atomic mass is 19.1. The molecule has 0 aliphatic carbocycles. The first-order chi connectivity index (χ1) is 18.4. The van der Waals surface area contributed by atoms with Crippen molar-refractivity contribution in [1.82, 2.24) is 24.6 Å². The third-order valence-corrected chi connectivity index (χ3v) is 6.49. The number of nitrogens with zero attached hydrogens (tertiary/aromatic N) is 5. The van der Waals surface area contributed by atoms with Gasteiger partial charge in [-0.1, -0.05) is 30.3 Å². The lowest BCUT2D eigenvalue weighted by Crippen LogP contribution is -2.39. The standard InChI is InChI=1S/C27H28FN7O3/c1-17-11-19(28)12-30-22(17)16-34(14-18-7-3-2-4-8-18)27(37)26(36)32-21-13-31-25(29)20-15-35(33-24(20)21)23-9-5-6-10-38-23/h2-4,7-8,11-13,15,23H,5-6,9-10,14,16H2,1H3,(H2,29,31)(H,32,36). The Bertz CT molecular complexity index is 1470. The largest absolute Gasteiger partial charge is 0.383 e. The Kier molecular flexibility index (Phi) is 7.27. The number of hydrogen-bond acceptors (Lipinski definition) is 7. The minimum atomic E-state index is -0.864. The molecule has 3 aromatic heterocycles. The molecule has 10 nitrogen and oxygen atoms in total. The maximum Gasteiger partial charge on any atom is 0.314 e. The summed E-state index contributed by atoms with van der Waals surface area (Å²) in [6.45, 7) is 2.54. The van der Waals surface area contributed by atoms with Crippen molar-refractivity contribution in [2.75, 3.05) is 17.7 Å². The topological polar surface area (TPSA) is 128 Å². The normalized spacial score (nSPS) is 15.4. The number of anilines is 2. The Morgan fingerprint density at radius 1 is 1.18 bits per heavy atom. The first-order valence-corrected chi connectivity index (χ1v) is 12.4. The van der Waals surface area contributed by atoms with Crippen molar-refractivity contribution in [3.05, 3.63) is 77.6 Å². The van der Waals surface area contributed by atoms with Crippen molar-refractivity contribution < 1.29 is 18.7 Å². The van der Waals surface area contributed by atoms with Crippen molar-refractivity contribution in [3.63, 3.8) is 0 Å². The summed E-state index contributed by atoms with van der Waals surface area (Å²) in [7, 11) is 0. The molecule has 1 aliphatic rings. The summed E-state index contributed by atoms with van der Waals surface area (Å²) in [5.41, 5.74) is 8.66. The Morgan fingerprint density at radius 3 is 2.74 bits per heavy atom. The van der Waals surface area contributed by atoms with Crippen LogP contribution in [-0.4, -0.2) is 43.1 Å². The molecule has 4 aromatic rings. The predicted molar refractivity (Wildman–Crippen MR) is 139 cm³/mol. The molecular formula is C27H28FN7O3. The number of pyridine rings is 2. The number of nitrogen functional groups attached to an aromatic ring is 1. The quantitative estimate of drug-likeness (QED) is 0.373. The smallest absolute Gasteiger partial charge is 0.314 e. The molecular weight excluding hydrogens is 489 g/mol. The summed E-state index contributed by atoms with van der Waals surface area (Å²) in [5, 5.41) is 7.81. The molecule has 5 rings (SSSR count). The van der Waals surface area contributed by atoms with Crippen LogP contribution >= 0.6 is 0 Å². The molecule has 0 spiro atoms. The van der Waals surface area contributed by atoms with E-state index < -0.39 is 17.6 Å². The Balaban J connectivity index is 1.40. The van der Waals surface area contributed by atoms with E-state index in [-0.39, 0.29) is 30.8 Å². The van der Waals surface area contributed by atoms with E-state index in [0.717, 1.165) is 31.0 Å². The Morgan fingerprint density at radius 2 is 2.00 bits per heavy atom. The molecule has 11 heteroatoms. The van der Waals surface area contributed by atoms with Crippen molar-refractivity contribution in [2.24, 2.45) is 0 Å². The number of nitrogens with two attached hydrogens (primary N) is 1. The number of carbonyl (C=O) groups excluding carboxylic acids is 2. The van der Waals surface area contributed by atoms with Crippen molar-refractivity contribution in [2.45, 2.75) is 45.5 Å². The fraction of sp³-hybridized carbons (Fsp3) is 0.296. The number of aryl methyl sites for hydroxylation is 1. The third kappa shape index (κ3) is 5.47. The SMILES string of the molecule is Cc1cc(F)cnc1CN(Cc1ccccc1)C(=O)C(=O)Nc1cnc(N)c2cn(C3CCCCO3)nc12. The number of carbonyl (C=O) groups is 2. The molecule has 1 saturated heterocycles. The summed E-state index contributed by atoms with van der Waals surface area (Å²) in [4.78, 5) is 36.3. The lowest BCUT2D eigenvalue weighted by Gasteiger charge is -2.23. The number of amides is 2. The van der Waals surface area contributed by atoms with Gasteiger partial charge in [-0.25, -0.2) is 14.1 Å². The van der Waals surface area contributed by atoms with Crippen molar-refractivity contribution in [1.29, 1.82) is 0 Å². The van der Waals surface area contributed by atoms with E-state index in [2.05, 4.69) is 20.4 Å². The Hall–Kier alpha value is -4.38. The van der Waals surface area contributed by atoms with Crippen LogP contribution in [0.25, 0.3) is 10.9 Å². The Labute approximate surface area is 218 Å². The van der Waals surface area contributed by atoms with Gasteiger partial charge in [0.1, 0.15) is 23.4 Å². The predicted octanol–water partition coefficient (Wildman–Crippen LogP) is 3.72. The lowest BCUT2D eigenvalue weighted by molar-refractivity contribution is -0.144. The van der Waals surface area contributed by atoms with Crippen LogP contribution in [0.4, 0.5) is 15.9 Å². The number of rotatable bonds is 6. The highest BCUT2D eigenvalue weighted by Gasteiger charge is 2.26. The third-order valence-electron chi connectivity index (χ3n) is 6.49. The fourth-order valence-corrected chi connectivity index (χ4v) is 4.45. The van der Waals surface area contributed by atoms with Crippen molar-refractivity contribution >= 4 is 34.2 Å². The minimum Gasteiger partial charge on any atom is -0.383 e. The second kappa shape index (κ2) is 10.9. The van der Waals surface area contributed by atoms with Gasteiger partial charge in [0.05, 0.1) is 35.7 Å². The highest BCUT2D eigenvalue weighted by molar-refractivity contribution is 6.40. The molecule has 1 unspecified atom stereocenters. The molecule has 38 heavy (non-hydrogen) atoms. The van der Waals surface area contributed by atoms with Gasteiger partial charge in [0.15, 0.2) is 0 Å². The average molecular weight is 518 g/mol. The van der Waals surface area contributed by atoms with Crippen LogP contribution in [0.1, 0.15) is 42.3 Å². The van der Waals surface area contributed by atoms with E-state index in [0.29, 0.717) is 28.8 Å². The van der Waals surface area contributed by atoms with E-state index in [1.165, 1.54) is 17.2 Å². The number of halogens is 1. The maximum atomic E-state index is 13.6. The molecule has 0 radical (unpaired) electrons. The molecule has 1 atom stereocenters. The molecule has 1 fully saturated rings. The van der Waals surface area contributed by atoms with Gasteiger partial charge in [-0.2, -0.15) is 5.10 Å². The zero-order valence-corrected chi connectivity index (χ0v) is 20.9. The van der Waals surface area contributed by atoms with E-state index in [4.69, 9.17) is 10.5 Å². The van der Waals surface area contributed by atoms with Crippen LogP contribution in [0, 0.1) is 12.7 Å². The molecule has 196 valence electrons. The minimum absolute atomic E-state index is 0.0241. The zero-order chi connectivity index (χ0) is 26.6. The molecule has 0 saturated carbocycles. The summed E-state index contributed by atoms with van der Waals surface area (Å²) >= 11 is 0. The fourth-order valence-electron chi connectivity index (χ4n) is 4.45. The van der Waals surface area contributed by atoms with Crippen LogP contribution < -0.4 is 11.1 Å². The zero-order valence-electron chi connectivity index (χ0n) is 20.9. The van der Waals surface area contributed by atoms with E-state index in [1.54, 1.807) is 17.8 Å². The molecule has 0 bridgehead atoms. The van der Waals surface area contributed by atoms with Gasteiger partial charge in [-0.3, -0.25) is 14.6 Å². The van der Waals surface area contributed by atoms with Gasteiger partial charge in [-0.15, -0.1) is 0 Å². The number of benzene rings is 1. The van der Waals surface area contributed by atoms with E-state index >= 15 is 0 Å². The van der Waals surface area contributed by atoms with Crippen LogP contribution in [-0.2, 0) is 27.4 Å². The van der Waals surface area contributed by atoms with E-state index in [1.807, 2.05) is 30.3 Å². The van der Waals surface area contributed by atoms with Gasteiger partial charge >= 0.3 is 11.8 Å². The van der Waals surface area contributed by atoms with Crippen LogP contribution in [0.5, 0.6) is 0 Å². The van der Waals surface area contributed by atoms with Crippen LogP contribution in [0.15, 0.2) is 55.0 Å². The monoisotopic (exact) mass is 517 g/mol. The molecule has 3 N–H and O–H groups in total. The highest BCUT2D eigenvalue weighted by Crippen LogP contribution is 2.29. The van der Waals surface area contributed by atoms with Crippen molar-refractivity contribution in [3.8, 4) is 0 Å². The summed E-state index contributed by atoms with van der Waals surface area (Å²) in [6, 6.07) is 10.6. The second-order valence-corrected chi connectivity index (χ2v) is 9.27. The number of fused-ring (bicyclic) bond motifs is 1. The first-order valence-electron chi connectivity index (χ1n) is 12.4. The maximum absolute atomic E-state index is 13.6. The lowest BCUT2D eigenvalue weighted by atomic mass is 10.1. The summed E-state index contributed by atoms with van der Waals surface area (Å²) in [6.07, 6.45) is 6.82. The van der Waals surface area contributed by atoms with Gasteiger partial charge in [0.2, 0.25) is 0 Å². The number of hydrogen-bond donors (Lipinski definition) is 2.